The molecule has 2 N–H and O–H groups in total. The fraction of sp³-hybridized carbons (Fsp3) is 0.591. The first kappa shape index (κ1) is 21.3. The number of nitrogens with zero attached hydrogens (tertiary/aromatic N) is 4. The molecule has 2 heterocycles. The lowest BCUT2D eigenvalue weighted by molar-refractivity contribution is 0.192. The van der Waals surface area contributed by atoms with E-state index in [9.17, 15) is 0 Å². The van der Waals surface area contributed by atoms with Gasteiger partial charge in [-0.1, -0.05) is 56.3 Å². The van der Waals surface area contributed by atoms with E-state index in [0.29, 0.717) is 24.3 Å². The standard InChI is InChI=1S/C22H34N6O/c1-5-23-21(24-14-19-26-20(29-27-19)22(2,3)4)25-18-12-9-13-28(16-18)15-17-10-7-6-8-11-17/h6-8,10-11,18H,5,9,12-16H2,1-4H3,(H2,23,24,25). The van der Waals surface area contributed by atoms with Crippen LogP contribution in [0.2, 0.25) is 0 Å². The van der Waals surface area contributed by atoms with Crippen molar-refractivity contribution in [3.05, 3.63) is 47.6 Å². The molecule has 29 heavy (non-hydrogen) atoms. The molecule has 7 heteroatoms. The summed E-state index contributed by atoms with van der Waals surface area (Å²) in [6, 6.07) is 11.0. The Morgan fingerprint density at radius 1 is 1.28 bits per heavy atom. The summed E-state index contributed by atoms with van der Waals surface area (Å²) in [5.74, 6) is 2.06. The highest BCUT2D eigenvalue weighted by atomic mass is 16.5. The molecule has 0 radical (unpaired) electrons. The third kappa shape index (κ3) is 6.56. The number of likely N-dealkylation sites (tertiary alicyclic amines) is 1. The Morgan fingerprint density at radius 2 is 2.07 bits per heavy atom. The molecule has 0 saturated carbocycles. The van der Waals surface area contributed by atoms with Crippen molar-refractivity contribution in [3.8, 4) is 0 Å². The second-order valence-corrected chi connectivity index (χ2v) is 8.67. The van der Waals surface area contributed by atoms with Crippen LogP contribution in [0.3, 0.4) is 0 Å². The van der Waals surface area contributed by atoms with Gasteiger partial charge in [-0.2, -0.15) is 4.98 Å². The van der Waals surface area contributed by atoms with Gasteiger partial charge < -0.3 is 15.2 Å². The van der Waals surface area contributed by atoms with Crippen LogP contribution in [0.25, 0.3) is 0 Å². The van der Waals surface area contributed by atoms with Gasteiger partial charge >= 0.3 is 0 Å². The zero-order valence-electron chi connectivity index (χ0n) is 18.1. The van der Waals surface area contributed by atoms with Gasteiger partial charge in [0.25, 0.3) is 0 Å². The van der Waals surface area contributed by atoms with Gasteiger partial charge in [0, 0.05) is 31.1 Å². The van der Waals surface area contributed by atoms with Gasteiger partial charge in [0.05, 0.1) is 0 Å². The Labute approximate surface area is 174 Å². The van der Waals surface area contributed by atoms with Crippen LogP contribution in [-0.4, -0.2) is 46.7 Å². The molecule has 158 valence electrons. The van der Waals surface area contributed by atoms with Gasteiger partial charge in [-0.05, 0) is 31.9 Å². The van der Waals surface area contributed by atoms with Gasteiger partial charge in [-0.15, -0.1) is 0 Å². The highest BCUT2D eigenvalue weighted by Gasteiger charge is 2.22. The molecule has 1 aliphatic heterocycles. The smallest absolute Gasteiger partial charge is 0.232 e. The summed E-state index contributed by atoms with van der Waals surface area (Å²) in [7, 11) is 0. The molecule has 1 aromatic carbocycles. The van der Waals surface area contributed by atoms with E-state index in [1.54, 1.807) is 0 Å². The van der Waals surface area contributed by atoms with Crippen molar-refractivity contribution in [2.75, 3.05) is 19.6 Å². The summed E-state index contributed by atoms with van der Waals surface area (Å²) in [5, 5.41) is 11.0. The molecule has 0 bridgehead atoms. The van der Waals surface area contributed by atoms with Crippen LogP contribution in [0.15, 0.2) is 39.8 Å². The predicted molar refractivity (Wildman–Crippen MR) is 116 cm³/mol. The van der Waals surface area contributed by atoms with E-state index in [4.69, 9.17) is 4.52 Å². The Balaban J connectivity index is 1.57. The van der Waals surface area contributed by atoms with E-state index >= 15 is 0 Å². The third-order valence-electron chi connectivity index (χ3n) is 4.93. The molecule has 0 spiro atoms. The molecule has 7 nitrogen and oxygen atoms in total. The summed E-state index contributed by atoms with van der Waals surface area (Å²) in [6.45, 7) is 12.6. The van der Waals surface area contributed by atoms with E-state index in [2.05, 4.69) is 88.7 Å². The molecule has 1 unspecified atom stereocenters. The lowest BCUT2D eigenvalue weighted by atomic mass is 9.97. The average molecular weight is 399 g/mol. The highest BCUT2D eigenvalue weighted by Crippen LogP contribution is 2.19. The number of nitrogens with one attached hydrogen (secondary N) is 2. The minimum absolute atomic E-state index is 0.151. The molecule has 1 atom stereocenters. The molecule has 1 saturated heterocycles. The van der Waals surface area contributed by atoms with Crippen LogP contribution in [0.5, 0.6) is 0 Å². The highest BCUT2D eigenvalue weighted by molar-refractivity contribution is 5.80. The average Bonchev–Trinajstić information content (AvgIpc) is 3.17. The number of hydrogen-bond acceptors (Lipinski definition) is 5. The van der Waals surface area contributed by atoms with Gasteiger partial charge in [0.15, 0.2) is 11.8 Å². The Hall–Kier alpha value is -2.41. The van der Waals surface area contributed by atoms with E-state index < -0.39 is 0 Å². The molecule has 2 aromatic rings. The Bertz CT molecular complexity index is 780. The first-order valence-corrected chi connectivity index (χ1v) is 10.6. The van der Waals surface area contributed by atoms with Crippen LogP contribution in [0.1, 0.15) is 57.8 Å². The van der Waals surface area contributed by atoms with Crippen LogP contribution in [0.4, 0.5) is 0 Å². The number of aliphatic imine (C=N–C) groups is 1. The summed E-state index contributed by atoms with van der Waals surface area (Å²) < 4.78 is 5.36. The lowest BCUT2D eigenvalue weighted by Gasteiger charge is -2.34. The second-order valence-electron chi connectivity index (χ2n) is 8.67. The number of hydrogen-bond donors (Lipinski definition) is 2. The van der Waals surface area contributed by atoms with Crippen molar-refractivity contribution in [2.24, 2.45) is 4.99 Å². The van der Waals surface area contributed by atoms with Crippen molar-refractivity contribution < 1.29 is 4.52 Å². The van der Waals surface area contributed by atoms with Crippen LogP contribution in [-0.2, 0) is 18.5 Å². The molecule has 3 rings (SSSR count). The molecule has 1 fully saturated rings. The maximum atomic E-state index is 5.36. The van der Waals surface area contributed by atoms with Crippen molar-refractivity contribution >= 4 is 5.96 Å². The predicted octanol–water partition coefficient (Wildman–Crippen LogP) is 3.09. The van der Waals surface area contributed by atoms with E-state index in [1.807, 2.05) is 0 Å². The summed E-state index contributed by atoms with van der Waals surface area (Å²) >= 11 is 0. The van der Waals surface area contributed by atoms with E-state index in [1.165, 1.54) is 12.0 Å². The van der Waals surface area contributed by atoms with Crippen molar-refractivity contribution in [1.29, 1.82) is 0 Å². The molecule has 0 aliphatic carbocycles. The minimum Gasteiger partial charge on any atom is -0.357 e. The number of aromatic nitrogens is 2. The fourth-order valence-corrected chi connectivity index (χ4v) is 3.44. The minimum atomic E-state index is -0.151. The molecule has 1 aromatic heterocycles. The van der Waals surface area contributed by atoms with Crippen molar-refractivity contribution in [3.63, 3.8) is 0 Å². The monoisotopic (exact) mass is 398 g/mol. The summed E-state index contributed by atoms with van der Waals surface area (Å²) in [5.41, 5.74) is 1.21. The second kappa shape index (κ2) is 9.87. The van der Waals surface area contributed by atoms with E-state index in [0.717, 1.165) is 38.6 Å². The van der Waals surface area contributed by atoms with Crippen LogP contribution < -0.4 is 10.6 Å². The number of benzene rings is 1. The maximum absolute atomic E-state index is 5.36. The first-order valence-electron chi connectivity index (χ1n) is 10.6. The summed E-state index contributed by atoms with van der Waals surface area (Å²) in [6.07, 6.45) is 2.33. The molecule has 0 amide bonds. The molecular weight excluding hydrogens is 364 g/mol. The topological polar surface area (TPSA) is 78.6 Å². The quantitative estimate of drug-likeness (QED) is 0.575. The number of rotatable bonds is 6. The van der Waals surface area contributed by atoms with Gasteiger partial charge in [0.1, 0.15) is 6.54 Å². The molecular formula is C22H34N6O. The number of guanidine groups is 1. The van der Waals surface area contributed by atoms with Crippen LogP contribution >= 0.6 is 0 Å². The zero-order chi connectivity index (χ0) is 20.7. The van der Waals surface area contributed by atoms with Gasteiger partial charge in [-0.3, -0.25) is 4.90 Å². The Morgan fingerprint density at radius 3 is 2.76 bits per heavy atom. The normalized spacial score (nSPS) is 18.6. The van der Waals surface area contributed by atoms with Gasteiger partial charge in [0.2, 0.25) is 5.89 Å². The third-order valence-corrected chi connectivity index (χ3v) is 4.93. The number of piperidine rings is 1. The van der Waals surface area contributed by atoms with Crippen molar-refractivity contribution in [1.82, 2.24) is 25.7 Å². The SMILES string of the molecule is CCNC(=NCc1noc(C(C)(C)C)n1)NC1CCCN(Cc2ccccc2)C1. The van der Waals surface area contributed by atoms with E-state index in [-0.39, 0.29) is 5.41 Å². The maximum Gasteiger partial charge on any atom is 0.232 e. The largest absolute Gasteiger partial charge is 0.357 e. The lowest BCUT2D eigenvalue weighted by Crippen LogP contribution is -2.51. The Kier molecular flexibility index (Phi) is 7.25. The zero-order valence-corrected chi connectivity index (χ0v) is 18.1. The van der Waals surface area contributed by atoms with Gasteiger partial charge in [-0.25, -0.2) is 4.99 Å². The summed E-state index contributed by atoms with van der Waals surface area (Å²) in [4.78, 5) is 11.7. The molecule has 1 aliphatic rings. The van der Waals surface area contributed by atoms with Crippen LogP contribution in [0, 0.1) is 0 Å². The first-order chi connectivity index (χ1) is 13.9. The fourth-order valence-electron chi connectivity index (χ4n) is 3.44. The van der Waals surface area contributed by atoms with Crippen molar-refractivity contribution in [2.45, 2.75) is 65.1 Å².